The molecule has 1 aromatic rings. The molecule has 1 heterocycles. The molecule has 1 aliphatic heterocycles. The summed E-state index contributed by atoms with van der Waals surface area (Å²) >= 11 is 3.15. The van der Waals surface area contributed by atoms with E-state index in [-0.39, 0.29) is 30.0 Å². The molecule has 0 bridgehead atoms. The molecule has 4 amide bonds. The third kappa shape index (κ3) is 4.44. The van der Waals surface area contributed by atoms with Gasteiger partial charge >= 0.3 is 18.0 Å². The SMILES string of the molecule is CCOC(=O)C1=C(C)NC(=O)N(C(=O)NCCBr)C1c1ccc(F)c(F)c1. The molecule has 1 aromatic carbocycles. The lowest BCUT2D eigenvalue weighted by Crippen LogP contribution is -2.54. The van der Waals surface area contributed by atoms with Crippen LogP contribution in [0.1, 0.15) is 25.5 Å². The van der Waals surface area contributed by atoms with E-state index >= 15 is 0 Å². The average molecular weight is 446 g/mol. The van der Waals surface area contributed by atoms with Crippen molar-refractivity contribution in [2.24, 2.45) is 0 Å². The number of esters is 1. The van der Waals surface area contributed by atoms with Gasteiger partial charge in [-0.3, -0.25) is 0 Å². The van der Waals surface area contributed by atoms with Crippen molar-refractivity contribution in [2.75, 3.05) is 18.5 Å². The highest BCUT2D eigenvalue weighted by Crippen LogP contribution is 2.35. The summed E-state index contributed by atoms with van der Waals surface area (Å²) in [5.74, 6) is -3.03. The number of imide groups is 1. The second-order valence-corrected chi connectivity index (χ2v) is 6.35. The van der Waals surface area contributed by atoms with Gasteiger partial charge in [0.05, 0.1) is 12.2 Å². The topological polar surface area (TPSA) is 87.7 Å². The van der Waals surface area contributed by atoms with Crippen LogP contribution in [0.4, 0.5) is 18.4 Å². The first-order valence-electron chi connectivity index (χ1n) is 8.08. The standard InChI is InChI=1S/C17H18BrF2N3O4/c1-3-27-15(24)13-9(2)22-17(26)23(16(25)21-7-6-18)14(13)10-4-5-11(19)12(20)8-10/h4-5,8,14H,3,6-7H2,1-2H3,(H,21,25)(H,22,26). The Labute approximate surface area is 162 Å². The van der Waals surface area contributed by atoms with Gasteiger partial charge in [0, 0.05) is 17.6 Å². The number of urea groups is 2. The van der Waals surface area contributed by atoms with Crippen molar-refractivity contribution in [3.05, 3.63) is 46.7 Å². The Balaban J connectivity index is 2.60. The quantitative estimate of drug-likeness (QED) is 0.538. The predicted octanol–water partition coefficient (Wildman–Crippen LogP) is 2.97. The van der Waals surface area contributed by atoms with Gasteiger partial charge in [0.15, 0.2) is 11.6 Å². The minimum absolute atomic E-state index is 0.0450. The summed E-state index contributed by atoms with van der Waals surface area (Å²) in [4.78, 5) is 38.2. The van der Waals surface area contributed by atoms with Gasteiger partial charge in [-0.25, -0.2) is 28.1 Å². The van der Waals surface area contributed by atoms with Crippen LogP contribution in [0.15, 0.2) is 29.5 Å². The number of carbonyl (C=O) groups excluding carboxylic acids is 3. The van der Waals surface area contributed by atoms with Crippen LogP contribution in [0.5, 0.6) is 0 Å². The van der Waals surface area contributed by atoms with Crippen molar-refractivity contribution in [1.82, 2.24) is 15.5 Å². The number of rotatable bonds is 5. The molecule has 1 atom stereocenters. The first kappa shape index (κ1) is 20.8. The molecular weight excluding hydrogens is 428 g/mol. The molecular formula is C17H18BrF2N3O4. The van der Waals surface area contributed by atoms with Crippen LogP contribution in [-0.4, -0.2) is 41.4 Å². The number of amides is 4. The molecule has 10 heteroatoms. The van der Waals surface area contributed by atoms with Gasteiger partial charge in [-0.2, -0.15) is 0 Å². The number of nitrogens with one attached hydrogen (secondary N) is 2. The zero-order valence-electron chi connectivity index (χ0n) is 14.6. The van der Waals surface area contributed by atoms with Crippen LogP contribution in [0.3, 0.4) is 0 Å². The molecule has 1 aliphatic rings. The average Bonchev–Trinajstić information content (AvgIpc) is 2.61. The predicted molar refractivity (Wildman–Crippen MR) is 96.0 cm³/mol. The first-order valence-corrected chi connectivity index (χ1v) is 9.20. The number of hydrogen-bond acceptors (Lipinski definition) is 4. The van der Waals surface area contributed by atoms with E-state index in [4.69, 9.17) is 4.74 Å². The van der Waals surface area contributed by atoms with Gasteiger partial charge < -0.3 is 15.4 Å². The highest BCUT2D eigenvalue weighted by atomic mass is 79.9. The molecule has 0 saturated heterocycles. The van der Waals surface area contributed by atoms with E-state index in [1.807, 2.05) is 0 Å². The Bertz CT molecular complexity index is 800. The van der Waals surface area contributed by atoms with Crippen molar-refractivity contribution >= 4 is 34.0 Å². The van der Waals surface area contributed by atoms with Crippen molar-refractivity contribution in [3.8, 4) is 0 Å². The number of hydrogen-bond donors (Lipinski definition) is 2. The van der Waals surface area contributed by atoms with Crippen molar-refractivity contribution in [2.45, 2.75) is 19.9 Å². The number of alkyl halides is 1. The van der Waals surface area contributed by atoms with E-state index in [9.17, 15) is 23.2 Å². The Kier molecular flexibility index (Phi) is 6.89. The Morgan fingerprint density at radius 1 is 1.33 bits per heavy atom. The maximum atomic E-state index is 13.8. The highest BCUT2D eigenvalue weighted by Gasteiger charge is 2.42. The van der Waals surface area contributed by atoms with Gasteiger partial charge in [-0.05, 0) is 31.5 Å². The third-order valence-corrected chi connectivity index (χ3v) is 4.19. The van der Waals surface area contributed by atoms with Crippen LogP contribution >= 0.6 is 15.9 Å². The van der Waals surface area contributed by atoms with E-state index in [1.54, 1.807) is 6.92 Å². The Hall–Kier alpha value is -2.49. The van der Waals surface area contributed by atoms with Gasteiger partial charge in [0.25, 0.3) is 0 Å². The summed E-state index contributed by atoms with van der Waals surface area (Å²) < 4.78 is 32.2. The van der Waals surface area contributed by atoms with E-state index < -0.39 is 35.7 Å². The van der Waals surface area contributed by atoms with Crippen LogP contribution in [0, 0.1) is 11.6 Å². The van der Waals surface area contributed by atoms with Crippen LogP contribution in [0.25, 0.3) is 0 Å². The minimum Gasteiger partial charge on any atom is -0.463 e. The van der Waals surface area contributed by atoms with Crippen LogP contribution < -0.4 is 10.6 Å². The monoisotopic (exact) mass is 445 g/mol. The summed E-state index contributed by atoms with van der Waals surface area (Å²) in [5, 5.41) is 5.36. The van der Waals surface area contributed by atoms with Gasteiger partial charge in [0.2, 0.25) is 0 Å². The molecule has 0 aromatic heterocycles. The fraction of sp³-hybridized carbons (Fsp3) is 0.353. The van der Waals surface area contributed by atoms with E-state index in [2.05, 4.69) is 26.6 Å². The normalized spacial score (nSPS) is 16.9. The minimum atomic E-state index is -1.27. The Morgan fingerprint density at radius 2 is 2.04 bits per heavy atom. The zero-order valence-corrected chi connectivity index (χ0v) is 16.2. The summed E-state index contributed by atoms with van der Waals surface area (Å²) in [6, 6.07) is 0.0418. The summed E-state index contributed by atoms with van der Waals surface area (Å²) in [5.41, 5.74) is 0.175. The lowest BCUT2D eigenvalue weighted by Gasteiger charge is -2.36. The number of ether oxygens (including phenoxy) is 1. The van der Waals surface area contributed by atoms with E-state index in [0.717, 1.165) is 17.0 Å². The molecule has 1 unspecified atom stereocenters. The second kappa shape index (κ2) is 8.94. The number of nitrogens with zero attached hydrogens (tertiary/aromatic N) is 1. The maximum Gasteiger partial charge on any atom is 0.338 e. The highest BCUT2D eigenvalue weighted by molar-refractivity contribution is 9.09. The molecule has 0 spiro atoms. The summed E-state index contributed by atoms with van der Waals surface area (Å²) in [6.45, 7) is 3.33. The van der Waals surface area contributed by atoms with Crippen molar-refractivity contribution < 1.29 is 27.9 Å². The summed E-state index contributed by atoms with van der Waals surface area (Å²) in [6.07, 6.45) is 0. The smallest absolute Gasteiger partial charge is 0.338 e. The fourth-order valence-electron chi connectivity index (χ4n) is 2.66. The molecule has 0 saturated carbocycles. The molecule has 2 N–H and O–H groups in total. The molecule has 7 nitrogen and oxygen atoms in total. The zero-order chi connectivity index (χ0) is 20.1. The number of halogens is 3. The largest absolute Gasteiger partial charge is 0.463 e. The van der Waals surface area contributed by atoms with E-state index in [1.165, 1.54) is 13.0 Å². The summed E-state index contributed by atoms with van der Waals surface area (Å²) in [7, 11) is 0. The molecule has 0 aliphatic carbocycles. The van der Waals surface area contributed by atoms with Crippen LogP contribution in [-0.2, 0) is 9.53 Å². The van der Waals surface area contributed by atoms with Crippen molar-refractivity contribution in [3.63, 3.8) is 0 Å². The Morgan fingerprint density at radius 3 is 2.63 bits per heavy atom. The molecule has 2 rings (SSSR count). The van der Waals surface area contributed by atoms with Gasteiger partial charge in [-0.15, -0.1) is 0 Å². The van der Waals surface area contributed by atoms with Gasteiger partial charge in [-0.1, -0.05) is 22.0 Å². The molecule has 0 radical (unpaired) electrons. The second-order valence-electron chi connectivity index (χ2n) is 5.56. The van der Waals surface area contributed by atoms with E-state index in [0.29, 0.717) is 5.33 Å². The van der Waals surface area contributed by atoms with Crippen LogP contribution in [0.2, 0.25) is 0 Å². The molecule has 146 valence electrons. The molecule has 27 heavy (non-hydrogen) atoms. The number of benzene rings is 1. The number of allylic oxidation sites excluding steroid dienone is 1. The maximum absolute atomic E-state index is 13.8. The fourth-order valence-corrected chi connectivity index (χ4v) is 2.86. The lowest BCUT2D eigenvalue weighted by atomic mass is 9.94. The first-order chi connectivity index (χ1) is 12.8. The molecule has 0 fully saturated rings. The third-order valence-electron chi connectivity index (χ3n) is 3.79. The lowest BCUT2D eigenvalue weighted by molar-refractivity contribution is -0.139. The number of carbonyl (C=O) groups is 3. The van der Waals surface area contributed by atoms with Gasteiger partial charge in [0.1, 0.15) is 6.04 Å². The van der Waals surface area contributed by atoms with Crippen molar-refractivity contribution in [1.29, 1.82) is 0 Å².